The van der Waals surface area contributed by atoms with Crippen molar-refractivity contribution in [1.29, 1.82) is 10.5 Å². The molecule has 0 aliphatic heterocycles. The highest BCUT2D eigenvalue weighted by molar-refractivity contribution is 8.00. The molecular formula is C20H20N6O2S. The van der Waals surface area contributed by atoms with E-state index in [1.165, 1.54) is 12.1 Å². The minimum atomic E-state index is -0.585. The molecule has 2 amide bonds. The third-order valence-corrected chi connectivity index (χ3v) is 5.28. The van der Waals surface area contributed by atoms with Crippen LogP contribution in [0.5, 0.6) is 0 Å². The summed E-state index contributed by atoms with van der Waals surface area (Å²) in [6, 6.07) is 10.3. The van der Waals surface area contributed by atoms with E-state index in [0.29, 0.717) is 29.8 Å². The Hall–Kier alpha value is -3.56. The van der Waals surface area contributed by atoms with Crippen LogP contribution >= 0.6 is 11.8 Å². The molecule has 1 aromatic heterocycles. The maximum atomic E-state index is 12.3. The van der Waals surface area contributed by atoms with Gasteiger partial charge in [-0.15, -0.1) is 0 Å². The van der Waals surface area contributed by atoms with E-state index in [-0.39, 0.29) is 33.6 Å². The first kappa shape index (κ1) is 21.7. The lowest BCUT2D eigenvalue weighted by Crippen LogP contribution is -2.31. The van der Waals surface area contributed by atoms with Crippen molar-refractivity contribution in [3.05, 3.63) is 41.0 Å². The van der Waals surface area contributed by atoms with E-state index in [0.717, 1.165) is 11.8 Å². The smallest absolute Gasteiger partial charge is 0.248 e. The van der Waals surface area contributed by atoms with Crippen molar-refractivity contribution in [2.75, 3.05) is 24.6 Å². The van der Waals surface area contributed by atoms with E-state index in [9.17, 15) is 20.1 Å². The van der Waals surface area contributed by atoms with Crippen molar-refractivity contribution in [2.24, 2.45) is 5.73 Å². The van der Waals surface area contributed by atoms with E-state index in [2.05, 4.69) is 11.1 Å². The predicted molar refractivity (Wildman–Crippen MR) is 111 cm³/mol. The molecule has 0 spiro atoms. The normalized spacial score (nSPS) is 10.1. The van der Waals surface area contributed by atoms with Gasteiger partial charge >= 0.3 is 0 Å². The SMILES string of the molecule is CCN(CC)C(=O)CSc1nc(N)c(C#N)c(-c2ccc(C(N)=O)cc2)c1C#N. The number of hydrogen-bond donors (Lipinski definition) is 2. The molecule has 0 saturated heterocycles. The van der Waals surface area contributed by atoms with Crippen molar-refractivity contribution in [3.8, 4) is 23.3 Å². The molecule has 148 valence electrons. The fourth-order valence-electron chi connectivity index (χ4n) is 2.79. The molecule has 0 fully saturated rings. The van der Waals surface area contributed by atoms with Gasteiger partial charge in [0.25, 0.3) is 0 Å². The van der Waals surface area contributed by atoms with E-state index in [1.807, 2.05) is 19.9 Å². The number of thioether (sulfide) groups is 1. The molecule has 2 aromatic rings. The van der Waals surface area contributed by atoms with Gasteiger partial charge in [0.15, 0.2) is 0 Å². The molecule has 0 aliphatic carbocycles. The van der Waals surface area contributed by atoms with Gasteiger partial charge in [0.2, 0.25) is 11.8 Å². The van der Waals surface area contributed by atoms with Gasteiger partial charge in [0.05, 0.1) is 11.3 Å². The molecule has 0 unspecified atom stereocenters. The third-order valence-electron chi connectivity index (χ3n) is 4.32. The van der Waals surface area contributed by atoms with E-state index in [4.69, 9.17) is 11.5 Å². The van der Waals surface area contributed by atoms with Crippen LogP contribution in [-0.4, -0.2) is 40.5 Å². The van der Waals surface area contributed by atoms with Gasteiger partial charge < -0.3 is 16.4 Å². The number of pyridine rings is 1. The molecule has 2 rings (SSSR count). The Bertz CT molecular complexity index is 1020. The first-order valence-electron chi connectivity index (χ1n) is 8.82. The Morgan fingerprint density at radius 3 is 2.17 bits per heavy atom. The zero-order valence-corrected chi connectivity index (χ0v) is 16.9. The molecule has 0 radical (unpaired) electrons. The number of nitrogens with zero attached hydrogens (tertiary/aromatic N) is 4. The molecule has 0 saturated carbocycles. The standard InChI is InChI=1S/C20H20N6O2S/c1-3-26(4-2)16(27)11-29-20-15(10-22)17(14(9-21)18(23)25-20)12-5-7-13(8-6-12)19(24)28/h5-8H,3-4,11H2,1-2H3,(H2,23,25)(H2,24,28). The zero-order chi connectivity index (χ0) is 21.6. The summed E-state index contributed by atoms with van der Waals surface area (Å²) in [5.74, 6) is -0.605. The van der Waals surface area contributed by atoms with Crippen LogP contribution in [-0.2, 0) is 4.79 Å². The molecule has 4 N–H and O–H groups in total. The second kappa shape index (κ2) is 9.58. The fourth-order valence-corrected chi connectivity index (χ4v) is 3.69. The average Bonchev–Trinajstić information content (AvgIpc) is 2.72. The summed E-state index contributed by atoms with van der Waals surface area (Å²) in [5.41, 5.74) is 12.6. The van der Waals surface area contributed by atoms with Crippen LogP contribution in [0.1, 0.15) is 35.3 Å². The summed E-state index contributed by atoms with van der Waals surface area (Å²) < 4.78 is 0. The van der Waals surface area contributed by atoms with Crippen molar-refractivity contribution in [1.82, 2.24) is 9.88 Å². The van der Waals surface area contributed by atoms with Crippen LogP contribution in [0.25, 0.3) is 11.1 Å². The van der Waals surface area contributed by atoms with Crippen LogP contribution in [0.4, 0.5) is 5.82 Å². The van der Waals surface area contributed by atoms with E-state index in [1.54, 1.807) is 17.0 Å². The zero-order valence-electron chi connectivity index (χ0n) is 16.1. The molecule has 0 aliphatic rings. The van der Waals surface area contributed by atoms with Gasteiger partial charge in [0.1, 0.15) is 28.5 Å². The molecule has 0 bridgehead atoms. The van der Waals surface area contributed by atoms with Crippen molar-refractivity contribution < 1.29 is 9.59 Å². The number of anilines is 1. The fraction of sp³-hybridized carbons (Fsp3) is 0.250. The quantitative estimate of drug-likeness (QED) is 0.666. The topological polar surface area (TPSA) is 150 Å². The highest BCUT2D eigenvalue weighted by Crippen LogP contribution is 2.35. The largest absolute Gasteiger partial charge is 0.383 e. The van der Waals surface area contributed by atoms with Crippen LogP contribution in [0.3, 0.4) is 0 Å². The minimum absolute atomic E-state index is 0.0294. The lowest BCUT2D eigenvalue weighted by molar-refractivity contribution is -0.127. The number of rotatable bonds is 7. The van der Waals surface area contributed by atoms with E-state index >= 15 is 0 Å². The molecule has 9 heteroatoms. The first-order chi connectivity index (χ1) is 13.9. The van der Waals surface area contributed by atoms with Crippen LogP contribution in [0.2, 0.25) is 0 Å². The highest BCUT2D eigenvalue weighted by Gasteiger charge is 2.22. The lowest BCUT2D eigenvalue weighted by atomic mass is 9.96. The lowest BCUT2D eigenvalue weighted by Gasteiger charge is -2.18. The summed E-state index contributed by atoms with van der Waals surface area (Å²) >= 11 is 1.10. The molecule has 1 aromatic carbocycles. The summed E-state index contributed by atoms with van der Waals surface area (Å²) in [5, 5.41) is 19.6. The maximum Gasteiger partial charge on any atom is 0.248 e. The number of hydrogen-bond acceptors (Lipinski definition) is 7. The molecule has 1 heterocycles. The monoisotopic (exact) mass is 408 g/mol. The summed E-state index contributed by atoms with van der Waals surface area (Å²) in [7, 11) is 0. The number of carbonyl (C=O) groups is 2. The number of carbonyl (C=O) groups excluding carboxylic acids is 2. The number of primary amides is 1. The summed E-state index contributed by atoms with van der Waals surface area (Å²) in [4.78, 5) is 29.5. The maximum absolute atomic E-state index is 12.3. The van der Waals surface area contributed by atoms with Gasteiger partial charge in [-0.3, -0.25) is 9.59 Å². The number of benzene rings is 1. The van der Waals surface area contributed by atoms with Crippen molar-refractivity contribution >= 4 is 29.4 Å². The summed E-state index contributed by atoms with van der Waals surface area (Å²) in [6.45, 7) is 4.94. The number of aromatic nitrogens is 1. The minimum Gasteiger partial charge on any atom is -0.383 e. The van der Waals surface area contributed by atoms with Crippen LogP contribution in [0, 0.1) is 22.7 Å². The average molecular weight is 408 g/mol. The van der Waals surface area contributed by atoms with Gasteiger partial charge in [-0.25, -0.2) is 4.98 Å². The summed E-state index contributed by atoms with van der Waals surface area (Å²) in [6.07, 6.45) is 0. The molecule has 29 heavy (non-hydrogen) atoms. The number of amides is 2. The van der Waals surface area contributed by atoms with Crippen LogP contribution < -0.4 is 11.5 Å². The Labute approximate surface area is 173 Å². The first-order valence-corrected chi connectivity index (χ1v) is 9.80. The Balaban J connectivity index is 2.53. The molecule has 8 nitrogen and oxygen atoms in total. The predicted octanol–water partition coefficient (Wildman–Crippen LogP) is 2.13. The Morgan fingerprint density at radius 1 is 1.10 bits per heavy atom. The van der Waals surface area contributed by atoms with Gasteiger partial charge in [-0.1, -0.05) is 23.9 Å². The molecule has 0 atom stereocenters. The van der Waals surface area contributed by atoms with E-state index < -0.39 is 5.91 Å². The number of nitrogen functional groups attached to an aromatic ring is 1. The molecular weight excluding hydrogens is 388 g/mol. The van der Waals surface area contributed by atoms with Gasteiger partial charge in [0, 0.05) is 24.2 Å². The second-order valence-corrected chi connectivity index (χ2v) is 6.91. The number of nitriles is 2. The second-order valence-electron chi connectivity index (χ2n) is 5.95. The Kier molecular flexibility index (Phi) is 7.18. The van der Waals surface area contributed by atoms with Gasteiger partial charge in [-0.05, 0) is 31.5 Å². The highest BCUT2D eigenvalue weighted by atomic mass is 32.2. The van der Waals surface area contributed by atoms with Crippen LogP contribution in [0.15, 0.2) is 29.3 Å². The Morgan fingerprint density at radius 2 is 1.69 bits per heavy atom. The third kappa shape index (κ3) is 4.65. The number of nitrogens with two attached hydrogens (primary N) is 2. The van der Waals surface area contributed by atoms with Gasteiger partial charge in [-0.2, -0.15) is 10.5 Å². The van der Waals surface area contributed by atoms with Crippen molar-refractivity contribution in [2.45, 2.75) is 18.9 Å². The van der Waals surface area contributed by atoms with Crippen molar-refractivity contribution in [3.63, 3.8) is 0 Å².